The molecule has 0 saturated carbocycles. The van der Waals surface area contributed by atoms with Crippen LogP contribution in [0.4, 0.5) is 4.79 Å². The highest BCUT2D eigenvalue weighted by atomic mass is 16.6. The van der Waals surface area contributed by atoms with E-state index in [9.17, 15) is 14.4 Å². The molecule has 0 aromatic heterocycles. The van der Waals surface area contributed by atoms with E-state index in [4.69, 9.17) is 4.74 Å². The summed E-state index contributed by atoms with van der Waals surface area (Å²) < 4.78 is 5.37. The third-order valence-corrected chi connectivity index (χ3v) is 3.94. The fraction of sp³-hybridized carbons (Fsp3) is 0.800. The van der Waals surface area contributed by atoms with Crippen LogP contribution >= 0.6 is 0 Å². The number of carbonyl (C=O) groups is 3. The summed E-state index contributed by atoms with van der Waals surface area (Å²) in [4.78, 5) is 39.7. The maximum absolute atomic E-state index is 12.3. The van der Waals surface area contributed by atoms with Gasteiger partial charge in [0.1, 0.15) is 5.60 Å². The predicted octanol–water partition coefficient (Wildman–Crippen LogP) is 0.734. The summed E-state index contributed by atoms with van der Waals surface area (Å²) in [5.74, 6) is -0.216. The van der Waals surface area contributed by atoms with E-state index in [1.165, 1.54) is 4.90 Å². The normalized spacial score (nSPS) is 24.8. The molecule has 3 amide bonds. The number of piperazine rings is 1. The number of carbonyl (C=O) groups excluding carboxylic acids is 3. The minimum atomic E-state index is -0.915. The highest BCUT2D eigenvalue weighted by molar-refractivity contribution is 5.97. The molecule has 1 N–H and O–H groups in total. The van der Waals surface area contributed by atoms with E-state index >= 15 is 0 Å². The van der Waals surface area contributed by atoms with Crippen molar-refractivity contribution >= 4 is 17.9 Å². The zero-order chi connectivity index (χ0) is 16.5. The number of nitrogens with zero attached hydrogens (tertiary/aromatic N) is 2. The molecular formula is C15H25N3O4. The molecule has 0 aliphatic carbocycles. The molecule has 7 heteroatoms. The average Bonchev–Trinajstić information content (AvgIpc) is 2.43. The second-order valence-electron chi connectivity index (χ2n) is 6.91. The van der Waals surface area contributed by atoms with Crippen LogP contribution in [-0.4, -0.2) is 65.0 Å². The van der Waals surface area contributed by atoms with E-state index < -0.39 is 17.2 Å². The van der Waals surface area contributed by atoms with Crippen LogP contribution in [0, 0.1) is 0 Å². The first kappa shape index (κ1) is 16.6. The van der Waals surface area contributed by atoms with Crippen molar-refractivity contribution < 1.29 is 19.1 Å². The lowest BCUT2D eigenvalue weighted by Crippen LogP contribution is -2.80. The van der Waals surface area contributed by atoms with E-state index in [1.807, 2.05) is 6.92 Å². The largest absolute Gasteiger partial charge is 0.444 e. The molecule has 2 saturated heterocycles. The highest BCUT2D eigenvalue weighted by Crippen LogP contribution is 2.29. The van der Waals surface area contributed by atoms with Crippen molar-refractivity contribution in [3.8, 4) is 0 Å². The van der Waals surface area contributed by atoms with Gasteiger partial charge in [0.2, 0.25) is 11.8 Å². The Kier molecular flexibility index (Phi) is 4.35. The summed E-state index contributed by atoms with van der Waals surface area (Å²) in [6.07, 6.45) is 0.721. The third-order valence-electron chi connectivity index (χ3n) is 3.94. The lowest BCUT2D eigenvalue weighted by Gasteiger charge is -2.53. The molecule has 2 aliphatic heterocycles. The van der Waals surface area contributed by atoms with Gasteiger partial charge in [-0.1, -0.05) is 6.92 Å². The minimum absolute atomic E-state index is 0.0267. The molecule has 0 bridgehead atoms. The molecule has 0 aromatic carbocycles. The number of hydrogen-bond donors (Lipinski definition) is 1. The van der Waals surface area contributed by atoms with Gasteiger partial charge in [0.15, 0.2) is 5.54 Å². The second-order valence-corrected chi connectivity index (χ2v) is 6.91. The van der Waals surface area contributed by atoms with Gasteiger partial charge in [-0.3, -0.25) is 9.59 Å². The summed E-state index contributed by atoms with van der Waals surface area (Å²) in [7, 11) is 0. The first-order chi connectivity index (χ1) is 10.2. The standard InChI is InChI=1S/C15H25N3O4/c1-5-6-11(19)18-8-7-17(13(21)22-14(2,3)4)10-15(18)9-16-12(15)20/h5-10H2,1-4H3,(H,16,20). The number of rotatable bonds is 2. The Morgan fingerprint density at radius 3 is 2.45 bits per heavy atom. The Morgan fingerprint density at radius 1 is 1.32 bits per heavy atom. The van der Waals surface area contributed by atoms with Crippen LogP contribution in [0.2, 0.25) is 0 Å². The number of ether oxygens (including phenoxy) is 1. The fourth-order valence-corrected chi connectivity index (χ4v) is 2.82. The topological polar surface area (TPSA) is 79.0 Å². The van der Waals surface area contributed by atoms with Crippen molar-refractivity contribution in [3.05, 3.63) is 0 Å². The quantitative estimate of drug-likeness (QED) is 0.763. The monoisotopic (exact) mass is 311 g/mol. The van der Waals surface area contributed by atoms with Gasteiger partial charge in [0.05, 0.1) is 13.1 Å². The molecule has 2 fully saturated rings. The maximum atomic E-state index is 12.3. The molecular weight excluding hydrogens is 286 g/mol. The van der Waals surface area contributed by atoms with Crippen LogP contribution in [0.15, 0.2) is 0 Å². The summed E-state index contributed by atoms with van der Waals surface area (Å²) in [6, 6.07) is 0. The van der Waals surface area contributed by atoms with Crippen molar-refractivity contribution in [2.75, 3.05) is 26.2 Å². The van der Waals surface area contributed by atoms with Gasteiger partial charge in [-0.25, -0.2) is 4.79 Å². The first-order valence-corrected chi connectivity index (χ1v) is 7.76. The lowest BCUT2D eigenvalue weighted by atomic mass is 9.85. The molecule has 7 nitrogen and oxygen atoms in total. The van der Waals surface area contributed by atoms with Crippen LogP contribution in [0.5, 0.6) is 0 Å². The van der Waals surface area contributed by atoms with Crippen molar-refractivity contribution in [2.45, 2.75) is 51.7 Å². The summed E-state index contributed by atoms with van der Waals surface area (Å²) >= 11 is 0. The minimum Gasteiger partial charge on any atom is -0.444 e. The van der Waals surface area contributed by atoms with Gasteiger partial charge in [0.25, 0.3) is 0 Å². The van der Waals surface area contributed by atoms with E-state index in [1.54, 1.807) is 25.7 Å². The Labute approximate surface area is 131 Å². The van der Waals surface area contributed by atoms with Crippen molar-refractivity contribution in [1.82, 2.24) is 15.1 Å². The van der Waals surface area contributed by atoms with Crippen LogP contribution in [0.3, 0.4) is 0 Å². The fourth-order valence-electron chi connectivity index (χ4n) is 2.82. The molecule has 2 heterocycles. The molecule has 0 aromatic rings. The van der Waals surface area contributed by atoms with Crippen LogP contribution < -0.4 is 5.32 Å². The van der Waals surface area contributed by atoms with Crippen LogP contribution in [0.1, 0.15) is 40.5 Å². The van der Waals surface area contributed by atoms with Crippen molar-refractivity contribution in [1.29, 1.82) is 0 Å². The summed E-state index contributed by atoms with van der Waals surface area (Å²) in [5, 5.41) is 2.69. The van der Waals surface area contributed by atoms with E-state index in [0.717, 1.165) is 6.42 Å². The Bertz CT molecular complexity index is 486. The molecule has 2 aliphatic rings. The van der Waals surface area contributed by atoms with Crippen LogP contribution in [0.25, 0.3) is 0 Å². The van der Waals surface area contributed by atoms with Crippen LogP contribution in [-0.2, 0) is 14.3 Å². The van der Waals surface area contributed by atoms with Gasteiger partial charge in [-0.05, 0) is 27.2 Å². The molecule has 1 spiro atoms. The second kappa shape index (κ2) is 5.78. The predicted molar refractivity (Wildman–Crippen MR) is 80.2 cm³/mol. The zero-order valence-corrected chi connectivity index (χ0v) is 13.8. The molecule has 22 heavy (non-hydrogen) atoms. The smallest absolute Gasteiger partial charge is 0.410 e. The average molecular weight is 311 g/mol. The van der Waals surface area contributed by atoms with Gasteiger partial charge in [-0.15, -0.1) is 0 Å². The van der Waals surface area contributed by atoms with Gasteiger partial charge in [-0.2, -0.15) is 0 Å². The zero-order valence-electron chi connectivity index (χ0n) is 13.8. The summed E-state index contributed by atoms with van der Waals surface area (Å²) in [6.45, 7) is 8.68. The van der Waals surface area contributed by atoms with E-state index in [-0.39, 0.29) is 18.4 Å². The van der Waals surface area contributed by atoms with E-state index in [2.05, 4.69) is 5.32 Å². The lowest BCUT2D eigenvalue weighted by molar-refractivity contribution is -0.161. The molecule has 124 valence electrons. The van der Waals surface area contributed by atoms with Gasteiger partial charge in [0, 0.05) is 19.5 Å². The molecule has 2 rings (SSSR count). The maximum Gasteiger partial charge on any atom is 0.410 e. The molecule has 1 unspecified atom stereocenters. The molecule has 1 atom stereocenters. The number of β-lactam (4-membered cyclic amide) rings is 1. The number of hydrogen-bond acceptors (Lipinski definition) is 4. The number of nitrogens with one attached hydrogen (secondary N) is 1. The van der Waals surface area contributed by atoms with Gasteiger partial charge >= 0.3 is 6.09 Å². The highest BCUT2D eigenvalue weighted by Gasteiger charge is 2.56. The molecule has 0 radical (unpaired) electrons. The first-order valence-electron chi connectivity index (χ1n) is 7.76. The summed E-state index contributed by atoms with van der Waals surface area (Å²) in [5.41, 5.74) is -1.50. The number of amides is 3. The Balaban J connectivity index is 2.12. The van der Waals surface area contributed by atoms with E-state index in [0.29, 0.717) is 26.1 Å². The Hall–Kier alpha value is -1.79. The Morgan fingerprint density at radius 2 is 2.00 bits per heavy atom. The third kappa shape index (κ3) is 3.03. The van der Waals surface area contributed by atoms with Crippen molar-refractivity contribution in [2.24, 2.45) is 0 Å². The SMILES string of the molecule is CCCC(=O)N1CCN(C(=O)OC(C)(C)C)CC12CNC2=O. The van der Waals surface area contributed by atoms with Gasteiger partial charge < -0.3 is 19.9 Å². The van der Waals surface area contributed by atoms with Crippen molar-refractivity contribution in [3.63, 3.8) is 0 Å².